The summed E-state index contributed by atoms with van der Waals surface area (Å²) >= 11 is 0. The highest BCUT2D eigenvalue weighted by Crippen LogP contribution is 2.39. The van der Waals surface area contributed by atoms with Gasteiger partial charge < -0.3 is 10.1 Å². The van der Waals surface area contributed by atoms with Crippen LogP contribution in [0.15, 0.2) is 11.8 Å². The van der Waals surface area contributed by atoms with Crippen molar-refractivity contribution in [3.8, 4) is 0 Å². The minimum absolute atomic E-state index is 0.0231. The Kier molecular flexibility index (Phi) is 5.20. The average Bonchev–Trinajstić information content (AvgIpc) is 2.42. The number of allylic oxidation sites excluding steroid dienone is 1. The molecule has 1 unspecified atom stereocenters. The fourth-order valence-electron chi connectivity index (χ4n) is 2.99. The highest BCUT2D eigenvalue weighted by Gasteiger charge is 2.38. The first kappa shape index (κ1) is 14.8. The first-order chi connectivity index (χ1) is 9.12. The maximum absolute atomic E-state index is 13.3. The first-order valence-corrected chi connectivity index (χ1v) is 7.56. The van der Waals surface area contributed by atoms with Gasteiger partial charge >= 0.3 is 0 Å². The topological polar surface area (TPSA) is 21.3 Å². The summed E-state index contributed by atoms with van der Waals surface area (Å²) in [5.41, 5.74) is 0. The molecule has 0 saturated heterocycles. The van der Waals surface area contributed by atoms with Crippen molar-refractivity contribution in [2.24, 2.45) is 5.92 Å². The van der Waals surface area contributed by atoms with Crippen molar-refractivity contribution in [2.45, 2.75) is 63.8 Å². The Bertz CT molecular complexity index is 307. The molecular formula is C15H25F2NO. The zero-order valence-corrected chi connectivity index (χ0v) is 11.8. The third-order valence-corrected chi connectivity index (χ3v) is 4.12. The lowest BCUT2D eigenvalue weighted by Crippen LogP contribution is -2.42. The second-order valence-corrected chi connectivity index (χ2v) is 5.72. The molecule has 1 atom stereocenters. The molecule has 4 heteroatoms. The van der Waals surface area contributed by atoms with E-state index in [-0.39, 0.29) is 24.8 Å². The molecule has 1 aliphatic heterocycles. The number of hydrogen-bond donors (Lipinski definition) is 1. The maximum Gasteiger partial charge on any atom is 0.248 e. The molecule has 0 amide bonds. The molecule has 2 nitrogen and oxygen atoms in total. The normalized spacial score (nSPS) is 25.5. The van der Waals surface area contributed by atoms with Crippen molar-refractivity contribution in [2.75, 3.05) is 13.2 Å². The molecule has 0 spiro atoms. The Balaban J connectivity index is 1.99. The molecule has 1 saturated carbocycles. The second kappa shape index (κ2) is 6.69. The van der Waals surface area contributed by atoms with Crippen molar-refractivity contribution in [1.82, 2.24) is 5.32 Å². The highest BCUT2D eigenvalue weighted by molar-refractivity contribution is 5.08. The molecule has 2 rings (SSSR count). The monoisotopic (exact) mass is 273 g/mol. The molecule has 1 N–H and O–H groups in total. The fraction of sp³-hybridized carbons (Fsp3) is 0.867. The summed E-state index contributed by atoms with van der Waals surface area (Å²) in [5.74, 6) is -1.17. The van der Waals surface area contributed by atoms with Crippen LogP contribution in [0.25, 0.3) is 0 Å². The minimum Gasteiger partial charge on any atom is -0.497 e. The van der Waals surface area contributed by atoms with Crippen LogP contribution in [0.3, 0.4) is 0 Å². The van der Waals surface area contributed by atoms with Crippen LogP contribution in [0.5, 0.6) is 0 Å². The van der Waals surface area contributed by atoms with Gasteiger partial charge in [0.05, 0.1) is 12.6 Å². The number of halogens is 2. The third-order valence-electron chi connectivity index (χ3n) is 4.12. The van der Waals surface area contributed by atoms with E-state index in [1.165, 1.54) is 0 Å². The van der Waals surface area contributed by atoms with Crippen LogP contribution >= 0.6 is 0 Å². The SMILES string of the molecule is CCCNC(C1=CCCCO1)C1CCC(F)(F)CC1. The predicted molar refractivity (Wildman–Crippen MR) is 72.3 cm³/mol. The molecule has 0 radical (unpaired) electrons. The van der Waals surface area contributed by atoms with Crippen molar-refractivity contribution in [3.63, 3.8) is 0 Å². The van der Waals surface area contributed by atoms with Crippen LogP contribution in [0.1, 0.15) is 51.9 Å². The summed E-state index contributed by atoms with van der Waals surface area (Å²) in [6.45, 7) is 3.80. The number of rotatable bonds is 5. The molecule has 1 heterocycles. The van der Waals surface area contributed by atoms with Crippen molar-refractivity contribution in [3.05, 3.63) is 11.8 Å². The fourth-order valence-corrected chi connectivity index (χ4v) is 2.99. The molecule has 2 aliphatic rings. The summed E-state index contributed by atoms with van der Waals surface area (Å²) in [5, 5.41) is 3.50. The van der Waals surface area contributed by atoms with Gasteiger partial charge in [0.1, 0.15) is 5.76 Å². The highest BCUT2D eigenvalue weighted by atomic mass is 19.3. The summed E-state index contributed by atoms with van der Waals surface area (Å²) < 4.78 is 32.3. The lowest BCUT2D eigenvalue weighted by Gasteiger charge is -2.36. The van der Waals surface area contributed by atoms with Crippen molar-refractivity contribution in [1.29, 1.82) is 0 Å². The Morgan fingerprint density at radius 1 is 1.42 bits per heavy atom. The molecule has 0 aromatic rings. The van der Waals surface area contributed by atoms with E-state index in [1.807, 2.05) is 0 Å². The van der Waals surface area contributed by atoms with Gasteiger partial charge in [0, 0.05) is 12.8 Å². The van der Waals surface area contributed by atoms with E-state index in [1.54, 1.807) is 0 Å². The van der Waals surface area contributed by atoms with Gasteiger partial charge in [-0.1, -0.05) is 6.92 Å². The van der Waals surface area contributed by atoms with Crippen molar-refractivity contribution >= 4 is 0 Å². The maximum atomic E-state index is 13.3. The Morgan fingerprint density at radius 2 is 2.16 bits per heavy atom. The van der Waals surface area contributed by atoms with Gasteiger partial charge in [-0.3, -0.25) is 0 Å². The lowest BCUT2D eigenvalue weighted by molar-refractivity contribution is -0.0504. The molecule has 110 valence electrons. The van der Waals surface area contributed by atoms with Gasteiger partial charge in [0.15, 0.2) is 0 Å². The number of alkyl halides is 2. The number of ether oxygens (including phenoxy) is 1. The van der Waals surface area contributed by atoms with Gasteiger partial charge in [-0.2, -0.15) is 0 Å². The smallest absolute Gasteiger partial charge is 0.248 e. The summed E-state index contributed by atoms with van der Waals surface area (Å²) in [6, 6.07) is 0.136. The van der Waals surface area contributed by atoms with Gasteiger partial charge in [0.25, 0.3) is 0 Å². The largest absolute Gasteiger partial charge is 0.497 e. The molecule has 0 bridgehead atoms. The van der Waals surface area contributed by atoms with Gasteiger partial charge in [0.2, 0.25) is 5.92 Å². The zero-order valence-electron chi connectivity index (χ0n) is 11.8. The molecule has 1 fully saturated rings. The summed E-state index contributed by atoms with van der Waals surface area (Å²) in [4.78, 5) is 0. The van der Waals surface area contributed by atoms with E-state index >= 15 is 0 Å². The first-order valence-electron chi connectivity index (χ1n) is 7.56. The average molecular weight is 273 g/mol. The molecule has 19 heavy (non-hydrogen) atoms. The van der Waals surface area contributed by atoms with Gasteiger partial charge in [-0.05, 0) is 50.6 Å². The van der Waals surface area contributed by atoms with E-state index in [2.05, 4.69) is 18.3 Å². The standard InChI is InChI=1S/C15H25F2NO/c1-2-10-18-14(13-5-3-4-11-19-13)12-6-8-15(16,17)9-7-12/h5,12,14,18H,2-4,6-11H2,1H3. The van der Waals surface area contributed by atoms with Gasteiger partial charge in [-0.25, -0.2) is 8.78 Å². The molecular weight excluding hydrogens is 248 g/mol. The zero-order chi connectivity index (χ0) is 13.7. The van der Waals surface area contributed by atoms with E-state index in [0.29, 0.717) is 12.8 Å². The predicted octanol–water partition coefficient (Wildman–Crippen LogP) is 3.87. The van der Waals surface area contributed by atoms with E-state index in [4.69, 9.17) is 4.74 Å². The quantitative estimate of drug-likeness (QED) is 0.821. The lowest BCUT2D eigenvalue weighted by atomic mass is 9.81. The van der Waals surface area contributed by atoms with Crippen LogP contribution in [0, 0.1) is 5.92 Å². The third kappa shape index (κ3) is 4.16. The van der Waals surface area contributed by atoms with E-state index in [9.17, 15) is 8.78 Å². The van der Waals surface area contributed by atoms with E-state index in [0.717, 1.165) is 38.2 Å². The van der Waals surface area contributed by atoms with Crippen LogP contribution in [-0.4, -0.2) is 25.1 Å². The Labute approximate surface area is 114 Å². The number of nitrogens with one attached hydrogen (secondary N) is 1. The van der Waals surface area contributed by atoms with Crippen LogP contribution in [0.4, 0.5) is 8.78 Å². The second-order valence-electron chi connectivity index (χ2n) is 5.72. The molecule has 0 aromatic carbocycles. The Morgan fingerprint density at radius 3 is 2.74 bits per heavy atom. The summed E-state index contributed by atoms with van der Waals surface area (Å²) in [6.07, 6.45) is 6.53. The van der Waals surface area contributed by atoms with Crippen LogP contribution in [-0.2, 0) is 4.74 Å². The summed E-state index contributed by atoms with van der Waals surface area (Å²) in [7, 11) is 0. The van der Waals surface area contributed by atoms with Gasteiger partial charge in [-0.15, -0.1) is 0 Å². The Hall–Kier alpha value is -0.640. The van der Waals surface area contributed by atoms with Crippen LogP contribution < -0.4 is 5.32 Å². The van der Waals surface area contributed by atoms with Crippen molar-refractivity contribution < 1.29 is 13.5 Å². The number of hydrogen-bond acceptors (Lipinski definition) is 2. The molecule has 1 aliphatic carbocycles. The minimum atomic E-state index is -2.45. The molecule has 0 aromatic heterocycles. The van der Waals surface area contributed by atoms with E-state index < -0.39 is 5.92 Å². The van der Waals surface area contributed by atoms with Crippen LogP contribution in [0.2, 0.25) is 0 Å².